The number of aromatic carboxylic acids is 1. The maximum Gasteiger partial charge on any atom is 0.337 e. The van der Waals surface area contributed by atoms with Gasteiger partial charge >= 0.3 is 5.97 Å². The number of allylic oxidation sites excluding steroid dienone is 1. The summed E-state index contributed by atoms with van der Waals surface area (Å²) in [5, 5.41) is 21.6. The second-order valence-electron chi connectivity index (χ2n) is 5.03. The molecule has 0 radical (unpaired) electrons. The average molecular weight is 360 g/mol. The molecule has 0 saturated heterocycles. The molecule has 0 atom stereocenters. The number of carboxylic acid groups (broad SMARTS) is 1. The zero-order valence-corrected chi connectivity index (χ0v) is 14.4. The fourth-order valence-electron chi connectivity index (χ4n) is 2.31. The Labute approximate surface area is 150 Å². The van der Waals surface area contributed by atoms with Crippen LogP contribution in [0.15, 0.2) is 47.7 Å². The maximum absolute atomic E-state index is 11.4. The van der Waals surface area contributed by atoms with Crippen LogP contribution in [0, 0.1) is 0 Å². The van der Waals surface area contributed by atoms with Crippen LogP contribution in [0.4, 0.5) is 0 Å². The second kappa shape index (κ2) is 8.96. The van der Waals surface area contributed by atoms with Crippen molar-refractivity contribution >= 4 is 35.1 Å². The lowest BCUT2D eigenvalue weighted by molar-refractivity contribution is 0.0697. The number of aromatic nitrogens is 1. The van der Waals surface area contributed by atoms with E-state index in [9.17, 15) is 9.90 Å². The van der Waals surface area contributed by atoms with E-state index < -0.39 is 5.97 Å². The van der Waals surface area contributed by atoms with Gasteiger partial charge in [0, 0.05) is 36.8 Å². The molecule has 1 aromatic carbocycles. The fourth-order valence-corrected chi connectivity index (χ4v) is 2.51. The van der Waals surface area contributed by atoms with Crippen molar-refractivity contribution in [3.8, 4) is 0 Å². The largest absolute Gasteiger partial charge is 0.478 e. The number of pyridine rings is 1. The Kier molecular flexibility index (Phi) is 6.68. The molecule has 0 aliphatic heterocycles. The second-order valence-corrected chi connectivity index (χ2v) is 5.44. The monoisotopic (exact) mass is 359 g/mol. The number of rotatable bonds is 7. The molecule has 0 saturated carbocycles. The molecule has 0 aliphatic rings. The summed E-state index contributed by atoms with van der Waals surface area (Å²) in [6.07, 6.45) is 4.94. The topological polar surface area (TPSA) is 94.8 Å². The minimum absolute atomic E-state index is 0.0115. The van der Waals surface area contributed by atoms with Crippen LogP contribution >= 0.6 is 11.6 Å². The number of aliphatic imine (C=N–C) groups is 1. The van der Waals surface area contributed by atoms with Gasteiger partial charge in [-0.05, 0) is 29.8 Å². The lowest BCUT2D eigenvalue weighted by atomic mass is 9.99. The third kappa shape index (κ3) is 4.65. The molecule has 0 aliphatic carbocycles. The van der Waals surface area contributed by atoms with Gasteiger partial charge in [0.15, 0.2) is 0 Å². The Morgan fingerprint density at radius 3 is 2.60 bits per heavy atom. The van der Waals surface area contributed by atoms with Crippen molar-refractivity contribution in [1.29, 1.82) is 0 Å². The zero-order chi connectivity index (χ0) is 18.2. The van der Waals surface area contributed by atoms with Crippen molar-refractivity contribution in [3.05, 3.63) is 64.4 Å². The van der Waals surface area contributed by atoms with Gasteiger partial charge in [-0.2, -0.15) is 0 Å². The van der Waals surface area contributed by atoms with Crippen molar-refractivity contribution in [2.75, 3.05) is 20.2 Å². The molecular weight excluding hydrogens is 342 g/mol. The van der Waals surface area contributed by atoms with Crippen LogP contribution in [-0.4, -0.2) is 47.6 Å². The number of nitrogens with one attached hydrogen (secondary N) is 1. The number of carboxylic acids is 1. The van der Waals surface area contributed by atoms with Crippen LogP contribution in [0.25, 0.3) is 11.3 Å². The highest BCUT2D eigenvalue weighted by atomic mass is 35.5. The van der Waals surface area contributed by atoms with Crippen molar-refractivity contribution in [2.24, 2.45) is 4.99 Å². The highest BCUT2D eigenvalue weighted by molar-refractivity contribution is 6.33. The molecule has 3 N–H and O–H groups in total. The van der Waals surface area contributed by atoms with Crippen molar-refractivity contribution in [1.82, 2.24) is 10.3 Å². The molecule has 0 bridgehead atoms. The maximum atomic E-state index is 11.4. The first kappa shape index (κ1) is 18.6. The van der Waals surface area contributed by atoms with Crippen molar-refractivity contribution < 1.29 is 15.0 Å². The van der Waals surface area contributed by atoms with E-state index in [0.29, 0.717) is 11.1 Å². The number of hydrogen-bond acceptors (Lipinski definition) is 5. The molecular formula is C18H18ClN3O3. The van der Waals surface area contributed by atoms with Gasteiger partial charge in [0.05, 0.1) is 29.4 Å². The quantitative estimate of drug-likeness (QED) is 0.660. The van der Waals surface area contributed by atoms with Gasteiger partial charge in [0.1, 0.15) is 0 Å². The summed E-state index contributed by atoms with van der Waals surface area (Å²) in [6.45, 7) is 0.172. The minimum Gasteiger partial charge on any atom is -0.478 e. The van der Waals surface area contributed by atoms with E-state index >= 15 is 0 Å². The van der Waals surface area contributed by atoms with E-state index in [1.807, 2.05) is 12.1 Å². The Hall–Kier alpha value is -2.70. The van der Waals surface area contributed by atoms with Gasteiger partial charge < -0.3 is 15.5 Å². The minimum atomic E-state index is -1.10. The third-order valence-electron chi connectivity index (χ3n) is 3.45. The van der Waals surface area contributed by atoms with E-state index in [1.165, 1.54) is 6.07 Å². The number of nitrogens with zero attached hydrogens (tertiary/aromatic N) is 2. The van der Waals surface area contributed by atoms with Gasteiger partial charge in [0.25, 0.3) is 0 Å². The summed E-state index contributed by atoms with van der Waals surface area (Å²) in [7, 11) is 1.77. The van der Waals surface area contributed by atoms with Crippen LogP contribution in [0.2, 0.25) is 5.02 Å². The van der Waals surface area contributed by atoms with Gasteiger partial charge in [-0.15, -0.1) is 0 Å². The van der Waals surface area contributed by atoms with Crippen LogP contribution in [0.3, 0.4) is 0 Å². The van der Waals surface area contributed by atoms with E-state index in [1.54, 1.807) is 37.8 Å². The molecule has 0 spiro atoms. The van der Waals surface area contributed by atoms with E-state index in [4.69, 9.17) is 16.7 Å². The van der Waals surface area contributed by atoms with E-state index in [0.717, 1.165) is 11.3 Å². The molecule has 0 fully saturated rings. The molecule has 6 nitrogen and oxygen atoms in total. The highest BCUT2D eigenvalue weighted by Gasteiger charge is 2.14. The summed E-state index contributed by atoms with van der Waals surface area (Å²) in [5.74, 6) is -1.10. The highest BCUT2D eigenvalue weighted by Crippen LogP contribution is 2.26. The molecule has 1 heterocycles. The summed E-state index contributed by atoms with van der Waals surface area (Å²) in [5.41, 5.74) is 2.96. The molecule has 25 heavy (non-hydrogen) atoms. The molecule has 0 unspecified atom stereocenters. The molecule has 1 aromatic heterocycles. The van der Waals surface area contributed by atoms with Gasteiger partial charge in [0.2, 0.25) is 0 Å². The molecule has 130 valence electrons. The van der Waals surface area contributed by atoms with Crippen molar-refractivity contribution in [3.63, 3.8) is 0 Å². The average Bonchev–Trinajstić information content (AvgIpc) is 2.62. The third-order valence-corrected chi connectivity index (χ3v) is 3.78. The molecule has 2 aromatic rings. The number of halogens is 1. The van der Waals surface area contributed by atoms with E-state index in [2.05, 4.69) is 15.3 Å². The first-order valence-corrected chi connectivity index (χ1v) is 7.92. The number of aliphatic hydroxyl groups excluding tert-OH is 1. The van der Waals surface area contributed by atoms with Gasteiger partial charge in [-0.1, -0.05) is 17.7 Å². The number of carbonyl (C=O) groups is 1. The number of benzene rings is 1. The van der Waals surface area contributed by atoms with Crippen LogP contribution in [-0.2, 0) is 0 Å². The zero-order valence-electron chi connectivity index (χ0n) is 13.6. The predicted octanol–water partition coefficient (Wildman–Crippen LogP) is 2.58. The SMILES string of the molecule is CNC(=C(C=NCCO)c1ccc(Cl)c(C(=O)O)c1)c1ccncc1. The number of hydrogen-bond donors (Lipinski definition) is 3. The van der Waals surface area contributed by atoms with Gasteiger partial charge in [-0.3, -0.25) is 9.98 Å². The van der Waals surface area contributed by atoms with Crippen LogP contribution in [0.5, 0.6) is 0 Å². The van der Waals surface area contributed by atoms with E-state index in [-0.39, 0.29) is 23.7 Å². The standard InChI is InChI=1S/C18H18ClN3O3/c1-20-17(12-4-6-21-7-5-12)15(11-22-8-9-23)13-2-3-16(19)14(10-13)18(24)25/h2-7,10-11,20,23H,8-9H2,1H3,(H,24,25). The Balaban J connectivity index is 2.66. The number of aliphatic hydroxyl groups is 1. The Morgan fingerprint density at radius 1 is 1.28 bits per heavy atom. The summed E-state index contributed by atoms with van der Waals surface area (Å²) >= 11 is 5.97. The lowest BCUT2D eigenvalue weighted by Crippen LogP contribution is -2.10. The first-order chi connectivity index (χ1) is 12.1. The summed E-state index contributed by atoms with van der Waals surface area (Å²) in [4.78, 5) is 19.6. The predicted molar refractivity (Wildman–Crippen MR) is 99.0 cm³/mol. The molecule has 2 rings (SSSR count). The van der Waals surface area contributed by atoms with Crippen LogP contribution < -0.4 is 5.32 Å². The first-order valence-electron chi connectivity index (χ1n) is 7.54. The molecule has 7 heteroatoms. The van der Waals surface area contributed by atoms with Crippen LogP contribution in [0.1, 0.15) is 21.5 Å². The summed E-state index contributed by atoms with van der Waals surface area (Å²) < 4.78 is 0. The van der Waals surface area contributed by atoms with Crippen molar-refractivity contribution in [2.45, 2.75) is 0 Å². The summed E-state index contributed by atoms with van der Waals surface area (Å²) in [6, 6.07) is 8.44. The molecule has 0 amide bonds. The Morgan fingerprint density at radius 2 is 2.00 bits per heavy atom. The lowest BCUT2D eigenvalue weighted by Gasteiger charge is -2.14. The van der Waals surface area contributed by atoms with Gasteiger partial charge in [-0.25, -0.2) is 4.79 Å². The smallest absolute Gasteiger partial charge is 0.337 e. The normalized spacial score (nSPS) is 12.1. The Bertz CT molecular complexity index is 804. The fraction of sp³-hybridized carbons (Fsp3) is 0.167.